The molecular formula is C41H40O7. The lowest BCUT2D eigenvalue weighted by atomic mass is 10.0. The van der Waals surface area contributed by atoms with Crippen LogP contribution in [0.15, 0.2) is 121 Å². The van der Waals surface area contributed by atoms with Crippen molar-refractivity contribution in [3.05, 3.63) is 149 Å². The number of rotatable bonds is 16. The van der Waals surface area contributed by atoms with Gasteiger partial charge in [0.1, 0.15) is 31.1 Å². The first-order valence-corrected chi connectivity index (χ1v) is 15.8. The smallest absolute Gasteiger partial charge is 0.204 e. The molecule has 0 aromatic heterocycles. The Morgan fingerprint density at radius 3 is 1.60 bits per heavy atom. The minimum absolute atomic E-state index is 0.231. The van der Waals surface area contributed by atoms with E-state index in [1.807, 2.05) is 123 Å². The molecule has 7 nitrogen and oxygen atoms in total. The molecule has 7 heteroatoms. The Balaban J connectivity index is 1.48. The number of hydrogen-bond acceptors (Lipinski definition) is 7. The van der Waals surface area contributed by atoms with E-state index in [0.29, 0.717) is 35.4 Å². The predicted octanol–water partition coefficient (Wildman–Crippen LogP) is 9.12. The molecule has 0 bridgehead atoms. The van der Waals surface area contributed by atoms with Crippen molar-refractivity contribution in [2.45, 2.75) is 39.8 Å². The Hall–Kier alpha value is -5.69. The maximum absolute atomic E-state index is 14.1. The maximum Gasteiger partial charge on any atom is 0.204 e. The number of ketones is 1. The van der Waals surface area contributed by atoms with E-state index >= 15 is 0 Å². The van der Waals surface area contributed by atoms with E-state index in [1.54, 1.807) is 19.3 Å². The van der Waals surface area contributed by atoms with E-state index in [-0.39, 0.29) is 36.4 Å². The lowest BCUT2D eigenvalue weighted by molar-refractivity contribution is 0.103. The van der Waals surface area contributed by atoms with Gasteiger partial charge in [-0.05, 0) is 54.3 Å². The van der Waals surface area contributed by atoms with E-state index in [0.717, 1.165) is 22.3 Å². The van der Waals surface area contributed by atoms with E-state index in [4.69, 9.17) is 28.4 Å². The van der Waals surface area contributed by atoms with Gasteiger partial charge in [-0.3, -0.25) is 4.79 Å². The van der Waals surface area contributed by atoms with Crippen molar-refractivity contribution in [2.24, 2.45) is 0 Å². The average molecular weight is 645 g/mol. The quantitative estimate of drug-likeness (QED) is 0.0784. The lowest BCUT2D eigenvalue weighted by Crippen LogP contribution is -2.13. The fourth-order valence-electron chi connectivity index (χ4n) is 4.96. The van der Waals surface area contributed by atoms with Crippen molar-refractivity contribution in [3.8, 4) is 34.5 Å². The summed E-state index contributed by atoms with van der Waals surface area (Å²) in [5.41, 5.74) is 3.95. The Morgan fingerprint density at radius 1 is 0.583 bits per heavy atom. The minimum Gasteiger partial charge on any atom is -0.493 e. The summed E-state index contributed by atoms with van der Waals surface area (Å²) in [6.45, 7) is 4.70. The average Bonchev–Trinajstić information content (AvgIpc) is 3.12. The Kier molecular flexibility index (Phi) is 11.7. The fraction of sp³-hybridized carbons (Fsp3) is 0.195. The highest BCUT2D eigenvalue weighted by Gasteiger charge is 2.27. The molecule has 0 amide bonds. The molecule has 0 atom stereocenters. The number of carbonyl (C=O) groups is 1. The summed E-state index contributed by atoms with van der Waals surface area (Å²) in [6, 6.07) is 36.7. The van der Waals surface area contributed by atoms with Gasteiger partial charge in [0.15, 0.2) is 28.8 Å². The third kappa shape index (κ3) is 8.97. The lowest BCUT2D eigenvalue weighted by Gasteiger charge is -2.22. The first kappa shape index (κ1) is 33.7. The van der Waals surface area contributed by atoms with E-state index < -0.39 is 0 Å². The second kappa shape index (κ2) is 16.7. The fourth-order valence-corrected chi connectivity index (χ4v) is 4.96. The zero-order valence-corrected chi connectivity index (χ0v) is 27.7. The largest absolute Gasteiger partial charge is 0.493 e. The van der Waals surface area contributed by atoms with E-state index in [9.17, 15) is 4.79 Å². The molecule has 0 aliphatic heterocycles. The van der Waals surface area contributed by atoms with Gasteiger partial charge in [0.05, 0.1) is 20.3 Å². The zero-order chi connectivity index (χ0) is 33.7. The van der Waals surface area contributed by atoms with Crippen molar-refractivity contribution in [1.82, 2.24) is 0 Å². The normalized spacial score (nSPS) is 10.9. The number of benzene rings is 5. The van der Waals surface area contributed by atoms with Gasteiger partial charge in [-0.1, -0.05) is 103 Å². The van der Waals surface area contributed by atoms with Gasteiger partial charge in [-0.25, -0.2) is 0 Å². The van der Waals surface area contributed by atoms with Crippen LogP contribution >= 0.6 is 0 Å². The molecule has 5 rings (SSSR count). The van der Waals surface area contributed by atoms with Crippen LogP contribution in [0.1, 0.15) is 46.5 Å². The molecule has 0 saturated heterocycles. The Morgan fingerprint density at radius 2 is 1.10 bits per heavy atom. The number of carbonyl (C=O) groups excluding carboxylic acids is 1. The molecular weight excluding hydrogens is 604 g/mol. The predicted molar refractivity (Wildman–Crippen MR) is 187 cm³/mol. The molecule has 0 spiro atoms. The van der Waals surface area contributed by atoms with Crippen molar-refractivity contribution >= 4 is 11.9 Å². The molecule has 0 saturated carbocycles. The van der Waals surface area contributed by atoms with Crippen molar-refractivity contribution < 1.29 is 33.2 Å². The van der Waals surface area contributed by atoms with Crippen LogP contribution in [0, 0.1) is 0 Å². The summed E-state index contributed by atoms with van der Waals surface area (Å²) in [6.07, 6.45) is 2.94. The maximum atomic E-state index is 14.1. The topological polar surface area (TPSA) is 72.5 Å². The Labute approximate surface area is 282 Å². The van der Waals surface area contributed by atoms with Crippen LogP contribution in [-0.2, 0) is 19.8 Å². The van der Waals surface area contributed by atoms with Gasteiger partial charge in [-0.15, -0.1) is 0 Å². The third-order valence-corrected chi connectivity index (χ3v) is 7.30. The van der Waals surface area contributed by atoms with E-state index in [2.05, 4.69) is 0 Å². The van der Waals surface area contributed by atoms with Gasteiger partial charge < -0.3 is 28.4 Å². The van der Waals surface area contributed by atoms with Crippen molar-refractivity contribution in [2.75, 3.05) is 14.2 Å². The molecule has 0 N–H and O–H groups in total. The van der Waals surface area contributed by atoms with Gasteiger partial charge in [0, 0.05) is 6.07 Å². The summed E-state index contributed by atoms with van der Waals surface area (Å²) in [4.78, 5) is 14.1. The van der Waals surface area contributed by atoms with Crippen molar-refractivity contribution in [3.63, 3.8) is 0 Å². The standard InChI is InChI=1S/C41H40O7/c1-29(2)48-41-39(34(42)22-20-30-21-23-35(36(24-30)43-3)45-26-31-14-8-5-9-15-31)37(46-27-32-16-10-6-11-17-32)25-38(40(41)44-4)47-28-33-18-12-7-13-19-33/h5-25,29H,26-28H2,1-4H3/b22-20+. The highest BCUT2D eigenvalue weighted by atomic mass is 16.5. The summed E-state index contributed by atoms with van der Waals surface area (Å²) >= 11 is 0. The number of methoxy groups -OCH3 is 2. The summed E-state index contributed by atoms with van der Waals surface area (Å²) in [5.74, 6) is 2.10. The van der Waals surface area contributed by atoms with Crippen LogP contribution in [0.25, 0.3) is 6.08 Å². The third-order valence-electron chi connectivity index (χ3n) is 7.30. The second-order valence-electron chi connectivity index (χ2n) is 11.2. The molecule has 5 aromatic rings. The van der Waals surface area contributed by atoms with Gasteiger partial charge in [-0.2, -0.15) is 0 Å². The molecule has 0 unspecified atom stereocenters. The second-order valence-corrected chi connectivity index (χ2v) is 11.2. The monoisotopic (exact) mass is 644 g/mol. The first-order chi connectivity index (χ1) is 23.4. The molecule has 0 fully saturated rings. The molecule has 48 heavy (non-hydrogen) atoms. The van der Waals surface area contributed by atoms with Crippen LogP contribution in [0.4, 0.5) is 0 Å². The SMILES string of the molecule is COc1cc(/C=C/C(=O)c2c(OCc3ccccc3)cc(OCc3ccccc3)c(OC)c2OC(C)C)ccc1OCc1ccccc1. The van der Waals surface area contributed by atoms with Crippen molar-refractivity contribution in [1.29, 1.82) is 0 Å². The highest BCUT2D eigenvalue weighted by Crippen LogP contribution is 2.47. The van der Waals surface area contributed by atoms with Crippen LogP contribution in [0.5, 0.6) is 34.5 Å². The molecule has 0 aliphatic carbocycles. The molecule has 5 aromatic carbocycles. The van der Waals surface area contributed by atoms with E-state index in [1.165, 1.54) is 13.2 Å². The molecule has 0 radical (unpaired) electrons. The number of ether oxygens (including phenoxy) is 6. The summed E-state index contributed by atoms with van der Waals surface area (Å²) in [5, 5.41) is 0. The van der Waals surface area contributed by atoms with Gasteiger partial charge in [0.2, 0.25) is 5.75 Å². The minimum atomic E-state index is -0.329. The zero-order valence-electron chi connectivity index (χ0n) is 27.7. The van der Waals surface area contributed by atoms with Crippen LogP contribution in [0.3, 0.4) is 0 Å². The van der Waals surface area contributed by atoms with Crippen LogP contribution in [-0.4, -0.2) is 26.1 Å². The Bertz CT molecular complexity index is 1800. The molecule has 0 heterocycles. The summed E-state index contributed by atoms with van der Waals surface area (Å²) < 4.78 is 36.3. The van der Waals surface area contributed by atoms with Gasteiger partial charge in [0.25, 0.3) is 0 Å². The molecule has 246 valence electrons. The van der Waals surface area contributed by atoms with Gasteiger partial charge >= 0.3 is 0 Å². The first-order valence-electron chi connectivity index (χ1n) is 15.8. The van der Waals surface area contributed by atoms with Crippen LogP contribution in [0.2, 0.25) is 0 Å². The number of allylic oxidation sites excluding steroid dienone is 1. The van der Waals surface area contributed by atoms with Crippen LogP contribution < -0.4 is 28.4 Å². The number of hydrogen-bond donors (Lipinski definition) is 0. The summed E-state index contributed by atoms with van der Waals surface area (Å²) in [7, 11) is 3.11. The highest BCUT2D eigenvalue weighted by molar-refractivity contribution is 6.11. The molecule has 0 aliphatic rings.